The first-order valence-corrected chi connectivity index (χ1v) is 8.30. The van der Waals surface area contributed by atoms with Gasteiger partial charge in [0.2, 0.25) is 5.13 Å². The van der Waals surface area contributed by atoms with Crippen LogP contribution in [0.3, 0.4) is 0 Å². The van der Waals surface area contributed by atoms with E-state index in [4.69, 9.17) is 0 Å². The number of aromatic nitrogens is 3. The molecule has 0 fully saturated rings. The van der Waals surface area contributed by atoms with Gasteiger partial charge in [0.25, 0.3) is 5.91 Å². The van der Waals surface area contributed by atoms with Crippen LogP contribution in [0, 0.1) is 13.8 Å². The molecule has 1 aromatic carbocycles. The Kier molecular flexibility index (Phi) is 4.25. The lowest BCUT2D eigenvalue weighted by molar-refractivity contribution is 0.102. The van der Waals surface area contributed by atoms with Crippen LogP contribution >= 0.6 is 11.3 Å². The molecular weight excluding hydrogens is 308 g/mol. The molecule has 0 radical (unpaired) electrons. The molecule has 0 atom stereocenters. The van der Waals surface area contributed by atoms with E-state index in [9.17, 15) is 4.79 Å². The van der Waals surface area contributed by atoms with E-state index in [0.29, 0.717) is 10.7 Å². The number of carbonyl (C=O) groups excluding carboxylic acids is 1. The Bertz CT molecular complexity index is 836. The molecular formula is C17H18N4OS. The summed E-state index contributed by atoms with van der Waals surface area (Å²) in [6.07, 6.45) is 0.816. The lowest BCUT2D eigenvalue weighted by atomic mass is 10.2. The molecule has 0 unspecified atom stereocenters. The van der Waals surface area contributed by atoms with Crippen LogP contribution in [0.2, 0.25) is 0 Å². The molecule has 0 saturated heterocycles. The maximum Gasteiger partial charge on any atom is 0.259 e. The molecule has 1 amide bonds. The third-order valence-electron chi connectivity index (χ3n) is 3.68. The zero-order chi connectivity index (χ0) is 16.4. The maximum absolute atomic E-state index is 12.5. The highest BCUT2D eigenvalue weighted by Gasteiger charge is 2.18. The van der Waals surface area contributed by atoms with E-state index in [2.05, 4.69) is 20.1 Å². The molecule has 0 spiro atoms. The Balaban J connectivity index is 1.90. The fourth-order valence-electron chi connectivity index (χ4n) is 2.58. The van der Waals surface area contributed by atoms with Gasteiger partial charge in [-0.15, -0.1) is 10.2 Å². The zero-order valence-corrected chi connectivity index (χ0v) is 14.1. The minimum Gasteiger partial charge on any atom is -0.318 e. The fraction of sp³-hybridized carbons (Fsp3) is 0.235. The van der Waals surface area contributed by atoms with Crippen LogP contribution in [0.4, 0.5) is 5.13 Å². The summed E-state index contributed by atoms with van der Waals surface area (Å²) in [5, 5.41) is 12.3. The van der Waals surface area contributed by atoms with Crippen molar-refractivity contribution in [3.63, 3.8) is 0 Å². The number of nitrogens with one attached hydrogen (secondary N) is 1. The molecule has 0 aliphatic rings. The van der Waals surface area contributed by atoms with Gasteiger partial charge in [-0.2, -0.15) is 0 Å². The van der Waals surface area contributed by atoms with Crippen molar-refractivity contribution >= 4 is 22.4 Å². The van der Waals surface area contributed by atoms with E-state index in [1.165, 1.54) is 11.3 Å². The standard InChI is InChI=1S/C17H18N4OS/c1-4-15-19-20-17(23-15)18-16(22)14-10-11(2)21(12(14)3)13-8-6-5-7-9-13/h5-10H,4H2,1-3H3,(H,18,20,22). The number of hydrogen-bond acceptors (Lipinski definition) is 4. The molecule has 3 aromatic rings. The van der Waals surface area contributed by atoms with Crippen LogP contribution in [0.1, 0.15) is 33.7 Å². The smallest absolute Gasteiger partial charge is 0.259 e. The zero-order valence-electron chi connectivity index (χ0n) is 13.3. The number of amides is 1. The monoisotopic (exact) mass is 326 g/mol. The Labute approximate surface area is 139 Å². The number of anilines is 1. The number of para-hydroxylation sites is 1. The molecule has 3 rings (SSSR count). The van der Waals surface area contributed by atoms with Gasteiger partial charge in [0.15, 0.2) is 0 Å². The van der Waals surface area contributed by atoms with E-state index in [0.717, 1.165) is 28.5 Å². The molecule has 2 heterocycles. The number of nitrogens with zero attached hydrogens (tertiary/aromatic N) is 3. The predicted molar refractivity (Wildman–Crippen MR) is 92.5 cm³/mol. The Morgan fingerprint density at radius 3 is 2.61 bits per heavy atom. The number of benzene rings is 1. The highest BCUT2D eigenvalue weighted by molar-refractivity contribution is 7.15. The van der Waals surface area contributed by atoms with E-state index in [-0.39, 0.29) is 5.91 Å². The lowest BCUT2D eigenvalue weighted by Gasteiger charge is -2.09. The van der Waals surface area contributed by atoms with Crippen LogP contribution in [0.15, 0.2) is 36.4 Å². The molecule has 0 aliphatic carbocycles. The molecule has 0 bridgehead atoms. The number of aryl methyl sites for hydroxylation is 2. The molecule has 5 nitrogen and oxygen atoms in total. The van der Waals surface area contributed by atoms with Crippen molar-refractivity contribution in [1.29, 1.82) is 0 Å². The minimum atomic E-state index is -0.154. The first-order valence-electron chi connectivity index (χ1n) is 7.48. The van der Waals surface area contributed by atoms with Gasteiger partial charge < -0.3 is 4.57 Å². The van der Waals surface area contributed by atoms with Gasteiger partial charge in [0.05, 0.1) is 5.56 Å². The summed E-state index contributed by atoms with van der Waals surface area (Å²) in [4.78, 5) is 12.5. The molecule has 0 aliphatic heterocycles. The quantitative estimate of drug-likeness (QED) is 0.794. The summed E-state index contributed by atoms with van der Waals surface area (Å²) in [5.74, 6) is -0.154. The SMILES string of the molecule is CCc1nnc(NC(=O)c2cc(C)n(-c3ccccc3)c2C)s1. The first-order chi connectivity index (χ1) is 11.1. The van der Waals surface area contributed by atoms with Crippen LogP contribution in [-0.2, 0) is 6.42 Å². The number of carbonyl (C=O) groups is 1. The van der Waals surface area contributed by atoms with Gasteiger partial charge in [-0.1, -0.05) is 36.5 Å². The maximum atomic E-state index is 12.5. The van der Waals surface area contributed by atoms with Crippen molar-refractivity contribution in [2.45, 2.75) is 27.2 Å². The Morgan fingerprint density at radius 2 is 1.96 bits per heavy atom. The highest BCUT2D eigenvalue weighted by Crippen LogP contribution is 2.22. The molecule has 1 N–H and O–H groups in total. The lowest BCUT2D eigenvalue weighted by Crippen LogP contribution is -2.13. The van der Waals surface area contributed by atoms with Crippen LogP contribution in [-0.4, -0.2) is 20.7 Å². The van der Waals surface area contributed by atoms with Crippen molar-refractivity contribution < 1.29 is 4.79 Å². The van der Waals surface area contributed by atoms with Gasteiger partial charge in [0, 0.05) is 17.1 Å². The van der Waals surface area contributed by atoms with Crippen molar-refractivity contribution in [2.75, 3.05) is 5.32 Å². The van der Waals surface area contributed by atoms with Crippen LogP contribution in [0.5, 0.6) is 0 Å². The minimum absolute atomic E-state index is 0.154. The van der Waals surface area contributed by atoms with E-state index >= 15 is 0 Å². The summed E-state index contributed by atoms with van der Waals surface area (Å²) in [5.41, 5.74) is 3.63. The average molecular weight is 326 g/mol. The van der Waals surface area contributed by atoms with Gasteiger partial charge in [-0.05, 0) is 38.5 Å². The van der Waals surface area contributed by atoms with Gasteiger partial charge >= 0.3 is 0 Å². The second kappa shape index (κ2) is 6.34. The molecule has 6 heteroatoms. The summed E-state index contributed by atoms with van der Waals surface area (Å²) in [6, 6.07) is 11.9. The molecule has 23 heavy (non-hydrogen) atoms. The van der Waals surface area contributed by atoms with E-state index < -0.39 is 0 Å². The Hall–Kier alpha value is -2.47. The fourth-order valence-corrected chi connectivity index (χ4v) is 3.25. The van der Waals surface area contributed by atoms with Crippen molar-refractivity contribution in [3.8, 4) is 5.69 Å². The summed E-state index contributed by atoms with van der Waals surface area (Å²) < 4.78 is 2.08. The van der Waals surface area contributed by atoms with Gasteiger partial charge in [0.1, 0.15) is 5.01 Å². The van der Waals surface area contributed by atoms with Crippen molar-refractivity contribution in [2.24, 2.45) is 0 Å². The topological polar surface area (TPSA) is 59.8 Å². The molecule has 0 saturated carbocycles. The number of rotatable bonds is 4. The largest absolute Gasteiger partial charge is 0.318 e. The predicted octanol–water partition coefficient (Wildman–Crippen LogP) is 3.76. The van der Waals surface area contributed by atoms with Crippen molar-refractivity contribution in [1.82, 2.24) is 14.8 Å². The summed E-state index contributed by atoms with van der Waals surface area (Å²) >= 11 is 1.41. The molecule has 118 valence electrons. The van der Waals surface area contributed by atoms with Gasteiger partial charge in [-0.25, -0.2) is 0 Å². The highest BCUT2D eigenvalue weighted by atomic mass is 32.1. The first kappa shape index (κ1) is 15.4. The summed E-state index contributed by atoms with van der Waals surface area (Å²) in [7, 11) is 0. The number of hydrogen-bond donors (Lipinski definition) is 1. The van der Waals surface area contributed by atoms with Gasteiger partial charge in [-0.3, -0.25) is 10.1 Å². The molecule has 2 aromatic heterocycles. The van der Waals surface area contributed by atoms with E-state index in [1.807, 2.05) is 57.2 Å². The van der Waals surface area contributed by atoms with E-state index in [1.54, 1.807) is 0 Å². The second-order valence-electron chi connectivity index (χ2n) is 5.26. The third-order valence-corrected chi connectivity index (χ3v) is 4.66. The third kappa shape index (κ3) is 3.03. The second-order valence-corrected chi connectivity index (χ2v) is 6.33. The normalized spacial score (nSPS) is 10.7. The summed E-state index contributed by atoms with van der Waals surface area (Å²) in [6.45, 7) is 5.96. The van der Waals surface area contributed by atoms with Crippen LogP contribution in [0.25, 0.3) is 5.69 Å². The van der Waals surface area contributed by atoms with Crippen LogP contribution < -0.4 is 5.32 Å². The average Bonchev–Trinajstić information content (AvgIpc) is 3.12. The Morgan fingerprint density at radius 1 is 1.22 bits per heavy atom. The van der Waals surface area contributed by atoms with Crippen molar-refractivity contribution in [3.05, 3.63) is 58.4 Å².